The van der Waals surface area contributed by atoms with Crippen LogP contribution in [0.3, 0.4) is 0 Å². The van der Waals surface area contributed by atoms with Gasteiger partial charge >= 0.3 is 12.0 Å². The molecule has 1 aromatic rings. The van der Waals surface area contributed by atoms with Gasteiger partial charge in [0.05, 0.1) is 7.11 Å². The van der Waals surface area contributed by atoms with E-state index in [-0.39, 0.29) is 0 Å². The number of urea groups is 1. The lowest BCUT2D eigenvalue weighted by Crippen LogP contribution is -2.42. The van der Waals surface area contributed by atoms with Crippen molar-refractivity contribution in [2.75, 3.05) is 7.11 Å². The summed E-state index contributed by atoms with van der Waals surface area (Å²) in [6.45, 7) is 1.33. The number of rotatable bonds is 5. The van der Waals surface area contributed by atoms with Crippen LogP contribution in [0.4, 0.5) is 4.79 Å². The quantitative estimate of drug-likeness (QED) is 0.617. The van der Waals surface area contributed by atoms with Crippen molar-refractivity contribution < 1.29 is 23.9 Å². The summed E-state index contributed by atoms with van der Waals surface area (Å²) < 4.78 is 9.86. The van der Waals surface area contributed by atoms with Crippen molar-refractivity contribution >= 4 is 24.0 Å². The summed E-state index contributed by atoms with van der Waals surface area (Å²) in [4.78, 5) is 33.3. The molecule has 1 rings (SSSR count). The summed E-state index contributed by atoms with van der Waals surface area (Å²) in [7, 11) is 1.54. The molecule has 1 aromatic carbocycles. The van der Waals surface area contributed by atoms with Gasteiger partial charge in [-0.1, -0.05) is 12.1 Å². The average Bonchev–Trinajstić information content (AvgIpc) is 2.44. The first-order valence-electron chi connectivity index (χ1n) is 6.05. The zero-order chi connectivity index (χ0) is 15.8. The standard InChI is InChI=1S/C14H16N2O5/c1-9(13(18)16-14(15)19)21-12(17)7-6-10-4-3-5-11(8-10)20-2/h3-9H,1-2H3,(H3,15,16,18,19)/b7-6+. The third-order valence-corrected chi connectivity index (χ3v) is 2.41. The summed E-state index contributed by atoms with van der Waals surface area (Å²) in [6, 6.07) is 6.04. The molecule has 0 aliphatic heterocycles. The zero-order valence-electron chi connectivity index (χ0n) is 11.7. The molecule has 1 atom stereocenters. The number of carbonyl (C=O) groups excluding carboxylic acids is 3. The van der Waals surface area contributed by atoms with E-state index >= 15 is 0 Å². The zero-order valence-corrected chi connectivity index (χ0v) is 11.7. The minimum atomic E-state index is -1.13. The van der Waals surface area contributed by atoms with Crippen LogP contribution in [0.5, 0.6) is 5.75 Å². The minimum absolute atomic E-state index is 0.653. The van der Waals surface area contributed by atoms with Crippen LogP contribution in [0.2, 0.25) is 0 Å². The second kappa shape index (κ2) is 7.68. The highest BCUT2D eigenvalue weighted by atomic mass is 16.5. The fourth-order valence-corrected chi connectivity index (χ4v) is 1.40. The summed E-state index contributed by atoms with van der Waals surface area (Å²) in [5.41, 5.74) is 5.52. The fourth-order valence-electron chi connectivity index (χ4n) is 1.40. The Kier molecular flexibility index (Phi) is 5.94. The van der Waals surface area contributed by atoms with Crippen molar-refractivity contribution in [3.63, 3.8) is 0 Å². The van der Waals surface area contributed by atoms with Crippen LogP contribution in [0, 0.1) is 0 Å². The van der Waals surface area contributed by atoms with E-state index < -0.39 is 24.0 Å². The van der Waals surface area contributed by atoms with Crippen LogP contribution in [0.15, 0.2) is 30.3 Å². The molecule has 0 saturated heterocycles. The number of imide groups is 1. The highest BCUT2D eigenvalue weighted by Gasteiger charge is 2.17. The Morgan fingerprint density at radius 2 is 2.05 bits per heavy atom. The third kappa shape index (κ3) is 5.77. The van der Waals surface area contributed by atoms with E-state index in [1.165, 1.54) is 26.2 Å². The van der Waals surface area contributed by atoms with Crippen LogP contribution in [0.1, 0.15) is 12.5 Å². The van der Waals surface area contributed by atoms with E-state index in [1.54, 1.807) is 24.3 Å². The Morgan fingerprint density at radius 3 is 2.67 bits per heavy atom. The Labute approximate surface area is 121 Å². The maximum atomic E-state index is 11.5. The lowest BCUT2D eigenvalue weighted by atomic mass is 10.2. The monoisotopic (exact) mass is 292 g/mol. The lowest BCUT2D eigenvalue weighted by Gasteiger charge is -2.10. The van der Waals surface area contributed by atoms with Crippen LogP contribution in [-0.2, 0) is 14.3 Å². The Morgan fingerprint density at radius 1 is 1.33 bits per heavy atom. The topological polar surface area (TPSA) is 108 Å². The summed E-state index contributed by atoms with van der Waals surface area (Å²) in [6.07, 6.45) is 1.56. The van der Waals surface area contributed by atoms with Gasteiger partial charge in [0, 0.05) is 6.08 Å². The molecule has 7 heteroatoms. The highest BCUT2D eigenvalue weighted by Crippen LogP contribution is 2.13. The van der Waals surface area contributed by atoms with Crippen LogP contribution in [-0.4, -0.2) is 31.1 Å². The number of carbonyl (C=O) groups is 3. The number of primary amides is 1. The van der Waals surface area contributed by atoms with Crippen molar-refractivity contribution in [1.82, 2.24) is 5.32 Å². The van der Waals surface area contributed by atoms with Crippen LogP contribution < -0.4 is 15.8 Å². The van der Waals surface area contributed by atoms with Gasteiger partial charge in [-0.3, -0.25) is 10.1 Å². The van der Waals surface area contributed by atoms with Gasteiger partial charge in [0.15, 0.2) is 6.10 Å². The number of nitrogens with two attached hydrogens (primary N) is 1. The van der Waals surface area contributed by atoms with Gasteiger partial charge in [-0.25, -0.2) is 9.59 Å². The van der Waals surface area contributed by atoms with E-state index in [0.717, 1.165) is 5.56 Å². The number of amides is 3. The molecule has 0 aromatic heterocycles. The molecule has 112 valence electrons. The molecule has 0 saturated carbocycles. The van der Waals surface area contributed by atoms with Crippen LogP contribution >= 0.6 is 0 Å². The van der Waals surface area contributed by atoms with E-state index in [2.05, 4.69) is 0 Å². The molecule has 3 N–H and O–H groups in total. The number of hydrogen-bond donors (Lipinski definition) is 2. The van der Waals surface area contributed by atoms with Gasteiger partial charge < -0.3 is 15.2 Å². The second-order valence-electron chi connectivity index (χ2n) is 4.04. The summed E-state index contributed by atoms with van der Waals surface area (Å²) in [5.74, 6) is -0.852. The molecule has 0 heterocycles. The summed E-state index contributed by atoms with van der Waals surface area (Å²) >= 11 is 0. The maximum absolute atomic E-state index is 11.5. The molecule has 3 amide bonds. The van der Waals surface area contributed by atoms with Gasteiger partial charge in [0.1, 0.15) is 5.75 Å². The van der Waals surface area contributed by atoms with Crippen LogP contribution in [0.25, 0.3) is 6.08 Å². The van der Waals surface area contributed by atoms with Gasteiger partial charge in [0.2, 0.25) is 0 Å². The number of benzene rings is 1. The van der Waals surface area contributed by atoms with Gasteiger partial charge in [-0.05, 0) is 30.7 Å². The Balaban J connectivity index is 2.58. The first kappa shape index (κ1) is 16.2. The number of ether oxygens (including phenoxy) is 2. The molecule has 0 radical (unpaired) electrons. The predicted molar refractivity (Wildman–Crippen MR) is 75.3 cm³/mol. The fraction of sp³-hybridized carbons (Fsp3) is 0.214. The van der Waals surface area contributed by atoms with Gasteiger partial charge in [-0.15, -0.1) is 0 Å². The Hall–Kier alpha value is -2.83. The largest absolute Gasteiger partial charge is 0.497 e. The normalized spacial score (nSPS) is 11.7. The number of methoxy groups -OCH3 is 1. The molecular weight excluding hydrogens is 276 g/mol. The first-order chi connectivity index (χ1) is 9.92. The number of hydrogen-bond acceptors (Lipinski definition) is 5. The van der Waals surface area contributed by atoms with Crippen molar-refractivity contribution in [3.8, 4) is 5.75 Å². The van der Waals surface area contributed by atoms with Crippen molar-refractivity contribution in [1.29, 1.82) is 0 Å². The predicted octanol–water partition coefficient (Wildman–Crippen LogP) is 0.835. The van der Waals surface area contributed by atoms with E-state index in [4.69, 9.17) is 15.2 Å². The SMILES string of the molecule is COc1cccc(/C=C/C(=O)OC(C)C(=O)NC(N)=O)c1. The Bertz CT molecular complexity index is 568. The lowest BCUT2D eigenvalue weighted by molar-refractivity contribution is -0.149. The molecular formula is C14H16N2O5. The van der Waals surface area contributed by atoms with Gasteiger partial charge in [0.25, 0.3) is 5.91 Å². The molecule has 0 fully saturated rings. The highest BCUT2D eigenvalue weighted by molar-refractivity contribution is 5.97. The van der Waals surface area contributed by atoms with E-state index in [1.807, 2.05) is 5.32 Å². The van der Waals surface area contributed by atoms with Crippen molar-refractivity contribution in [2.24, 2.45) is 5.73 Å². The molecule has 0 aliphatic rings. The number of nitrogens with one attached hydrogen (secondary N) is 1. The molecule has 0 spiro atoms. The third-order valence-electron chi connectivity index (χ3n) is 2.41. The number of esters is 1. The maximum Gasteiger partial charge on any atom is 0.331 e. The molecule has 7 nitrogen and oxygen atoms in total. The average molecular weight is 292 g/mol. The minimum Gasteiger partial charge on any atom is -0.497 e. The smallest absolute Gasteiger partial charge is 0.331 e. The van der Waals surface area contributed by atoms with E-state index in [0.29, 0.717) is 5.75 Å². The first-order valence-corrected chi connectivity index (χ1v) is 6.05. The second-order valence-corrected chi connectivity index (χ2v) is 4.04. The molecule has 0 aliphatic carbocycles. The van der Waals surface area contributed by atoms with Crippen molar-refractivity contribution in [3.05, 3.63) is 35.9 Å². The summed E-state index contributed by atoms with van der Waals surface area (Å²) in [5, 5.41) is 1.82. The molecule has 1 unspecified atom stereocenters. The van der Waals surface area contributed by atoms with Gasteiger partial charge in [-0.2, -0.15) is 0 Å². The molecule has 0 bridgehead atoms. The molecule has 21 heavy (non-hydrogen) atoms. The van der Waals surface area contributed by atoms with Crippen molar-refractivity contribution in [2.45, 2.75) is 13.0 Å². The van der Waals surface area contributed by atoms with E-state index in [9.17, 15) is 14.4 Å².